The Morgan fingerprint density at radius 1 is 1.17 bits per heavy atom. The van der Waals surface area contributed by atoms with Crippen LogP contribution in [0.4, 0.5) is 5.69 Å². The van der Waals surface area contributed by atoms with Gasteiger partial charge in [0.05, 0.1) is 11.6 Å². The summed E-state index contributed by atoms with van der Waals surface area (Å²) < 4.78 is 1.26. The van der Waals surface area contributed by atoms with Crippen molar-refractivity contribution < 1.29 is 9.90 Å². The van der Waals surface area contributed by atoms with Crippen molar-refractivity contribution in [3.63, 3.8) is 0 Å². The minimum atomic E-state index is -0.881. The lowest BCUT2D eigenvalue weighted by Gasteiger charge is -2.37. The van der Waals surface area contributed by atoms with Gasteiger partial charge in [-0.2, -0.15) is 0 Å². The lowest BCUT2D eigenvalue weighted by Crippen LogP contribution is -2.29. The van der Waals surface area contributed by atoms with E-state index in [0.29, 0.717) is 17.4 Å². The molecule has 3 atom stereocenters. The van der Waals surface area contributed by atoms with Crippen LogP contribution in [-0.2, 0) is 0 Å². The second kappa shape index (κ2) is 5.67. The van der Waals surface area contributed by atoms with E-state index in [4.69, 9.17) is 5.11 Å². The van der Waals surface area contributed by atoms with E-state index in [9.17, 15) is 4.79 Å². The van der Waals surface area contributed by atoms with Crippen molar-refractivity contribution in [2.24, 2.45) is 5.92 Å². The highest BCUT2D eigenvalue weighted by Crippen LogP contribution is 2.49. The van der Waals surface area contributed by atoms with Crippen LogP contribution in [0.2, 0.25) is 0 Å². The molecule has 2 aliphatic rings. The number of rotatable bonds is 2. The molecule has 2 aromatic rings. The maximum Gasteiger partial charge on any atom is 0.335 e. The van der Waals surface area contributed by atoms with Crippen LogP contribution in [0, 0.1) is 9.49 Å². The Hall–Kier alpha value is -1.82. The Kier molecular flexibility index (Phi) is 3.64. The molecule has 1 heterocycles. The zero-order valence-electron chi connectivity index (χ0n) is 12.4. The summed E-state index contributed by atoms with van der Waals surface area (Å²) in [5.74, 6) is 0.0370. The molecule has 0 saturated carbocycles. The molecule has 0 amide bonds. The predicted octanol–water partition coefficient (Wildman–Crippen LogP) is 4.82. The number of anilines is 1. The molecule has 1 aliphatic heterocycles. The van der Waals surface area contributed by atoms with Gasteiger partial charge in [0.15, 0.2) is 0 Å². The van der Waals surface area contributed by atoms with Crippen LogP contribution < -0.4 is 5.32 Å². The molecule has 0 spiro atoms. The van der Waals surface area contributed by atoms with Crippen molar-refractivity contribution in [1.29, 1.82) is 0 Å². The second-order valence-corrected chi connectivity index (χ2v) is 7.38. The molecule has 0 saturated heterocycles. The number of hydrogen-bond donors (Lipinski definition) is 2. The average molecular weight is 417 g/mol. The first-order valence-corrected chi connectivity index (χ1v) is 8.77. The molecule has 0 bridgehead atoms. The van der Waals surface area contributed by atoms with Crippen LogP contribution in [0.25, 0.3) is 0 Å². The first-order chi connectivity index (χ1) is 11.1. The molecule has 0 unspecified atom stereocenters. The van der Waals surface area contributed by atoms with Gasteiger partial charge in [0, 0.05) is 15.2 Å². The maximum absolute atomic E-state index is 11.0. The number of aromatic carboxylic acids is 1. The molecule has 0 radical (unpaired) electrons. The average Bonchev–Trinajstić information content (AvgIpc) is 3.04. The minimum absolute atomic E-state index is 0.213. The summed E-state index contributed by atoms with van der Waals surface area (Å²) in [7, 11) is 0. The Balaban J connectivity index is 1.73. The zero-order chi connectivity index (χ0) is 16.0. The summed E-state index contributed by atoms with van der Waals surface area (Å²) in [5, 5.41) is 12.7. The lowest BCUT2D eigenvalue weighted by molar-refractivity contribution is 0.0697. The third kappa shape index (κ3) is 2.55. The molecular formula is C19H16INO2. The number of halogens is 1. The highest BCUT2D eigenvalue weighted by Gasteiger charge is 2.37. The SMILES string of the molecule is O=C(O)c1ccc([C@H]2Nc3ccc(I)cc3[C@H]3C=CC[C@@H]32)cc1. The summed E-state index contributed by atoms with van der Waals surface area (Å²) in [6, 6.07) is 14.0. The maximum atomic E-state index is 11.0. The van der Waals surface area contributed by atoms with Crippen molar-refractivity contribution in [3.05, 3.63) is 74.9 Å². The first-order valence-electron chi connectivity index (χ1n) is 7.69. The first kappa shape index (κ1) is 14.8. The van der Waals surface area contributed by atoms with E-state index in [1.807, 2.05) is 12.1 Å². The predicted molar refractivity (Wildman–Crippen MR) is 98.9 cm³/mol. The van der Waals surface area contributed by atoms with Gasteiger partial charge in [0.25, 0.3) is 0 Å². The molecule has 4 rings (SSSR count). The minimum Gasteiger partial charge on any atom is -0.478 e. The van der Waals surface area contributed by atoms with Crippen molar-refractivity contribution in [2.75, 3.05) is 5.32 Å². The Morgan fingerprint density at radius 2 is 1.96 bits per heavy atom. The van der Waals surface area contributed by atoms with Crippen LogP contribution in [0.15, 0.2) is 54.6 Å². The summed E-state index contributed by atoms with van der Waals surface area (Å²) >= 11 is 2.36. The Morgan fingerprint density at radius 3 is 2.70 bits per heavy atom. The molecule has 2 aromatic carbocycles. The second-order valence-electron chi connectivity index (χ2n) is 6.13. The molecule has 1 aliphatic carbocycles. The van der Waals surface area contributed by atoms with Crippen LogP contribution in [-0.4, -0.2) is 11.1 Å². The summed E-state index contributed by atoms with van der Waals surface area (Å²) in [6.07, 6.45) is 5.64. The molecule has 3 nitrogen and oxygen atoms in total. The van der Waals surface area contributed by atoms with E-state index < -0.39 is 5.97 Å². The smallest absolute Gasteiger partial charge is 0.335 e. The van der Waals surface area contributed by atoms with Gasteiger partial charge in [-0.1, -0.05) is 24.3 Å². The van der Waals surface area contributed by atoms with E-state index >= 15 is 0 Å². The van der Waals surface area contributed by atoms with Crippen LogP contribution in [0.1, 0.15) is 39.9 Å². The number of fused-ring (bicyclic) bond motifs is 3. The quantitative estimate of drug-likeness (QED) is 0.545. The number of nitrogens with one attached hydrogen (secondary N) is 1. The largest absolute Gasteiger partial charge is 0.478 e. The van der Waals surface area contributed by atoms with Gasteiger partial charge in [-0.05, 0) is 76.4 Å². The van der Waals surface area contributed by atoms with Crippen LogP contribution in [0.3, 0.4) is 0 Å². The summed E-state index contributed by atoms with van der Waals surface area (Å²) in [6.45, 7) is 0. The van der Waals surface area contributed by atoms with Gasteiger partial charge in [0.1, 0.15) is 0 Å². The number of benzene rings is 2. The van der Waals surface area contributed by atoms with E-state index in [1.54, 1.807) is 12.1 Å². The van der Waals surface area contributed by atoms with Gasteiger partial charge in [-0.25, -0.2) is 4.79 Å². The highest BCUT2D eigenvalue weighted by atomic mass is 127. The molecule has 0 aromatic heterocycles. The fourth-order valence-corrected chi connectivity index (χ4v) is 4.24. The number of allylic oxidation sites excluding steroid dienone is 2. The fraction of sp³-hybridized carbons (Fsp3) is 0.211. The molecule has 23 heavy (non-hydrogen) atoms. The summed E-state index contributed by atoms with van der Waals surface area (Å²) in [4.78, 5) is 11.0. The van der Waals surface area contributed by atoms with E-state index in [0.717, 1.165) is 12.0 Å². The van der Waals surface area contributed by atoms with Crippen LogP contribution in [0.5, 0.6) is 0 Å². The zero-order valence-corrected chi connectivity index (χ0v) is 14.5. The Labute approximate surface area is 148 Å². The molecule has 116 valence electrons. The van der Waals surface area contributed by atoms with E-state index in [-0.39, 0.29) is 6.04 Å². The van der Waals surface area contributed by atoms with Gasteiger partial charge in [-0.15, -0.1) is 0 Å². The number of hydrogen-bond acceptors (Lipinski definition) is 2. The standard InChI is InChI=1S/C19H16INO2/c20-13-8-9-17-16(10-13)14-2-1-3-15(14)18(21-17)11-4-6-12(7-5-11)19(22)23/h1-2,4-10,14-15,18,21H,3H2,(H,22,23)/t14-,15-,18+/m0/s1. The third-order valence-electron chi connectivity index (χ3n) is 4.84. The number of carboxylic acid groups (broad SMARTS) is 1. The van der Waals surface area contributed by atoms with Crippen molar-refractivity contribution in [2.45, 2.75) is 18.4 Å². The summed E-state index contributed by atoms with van der Waals surface area (Å²) in [5.41, 5.74) is 4.04. The fourth-order valence-electron chi connectivity index (χ4n) is 3.73. The topological polar surface area (TPSA) is 49.3 Å². The van der Waals surface area contributed by atoms with Crippen molar-refractivity contribution in [1.82, 2.24) is 0 Å². The molecule has 4 heteroatoms. The van der Waals surface area contributed by atoms with E-state index in [1.165, 1.54) is 14.8 Å². The normalized spacial score (nSPS) is 24.7. The van der Waals surface area contributed by atoms with Gasteiger partial charge in [0.2, 0.25) is 0 Å². The molecule has 0 fully saturated rings. The monoisotopic (exact) mass is 417 g/mol. The van der Waals surface area contributed by atoms with Crippen LogP contribution >= 0.6 is 22.6 Å². The van der Waals surface area contributed by atoms with Gasteiger partial charge < -0.3 is 10.4 Å². The van der Waals surface area contributed by atoms with Gasteiger partial charge >= 0.3 is 5.97 Å². The molecule has 2 N–H and O–H groups in total. The lowest BCUT2D eigenvalue weighted by atomic mass is 9.77. The third-order valence-corrected chi connectivity index (χ3v) is 5.51. The number of carbonyl (C=O) groups is 1. The molecular weight excluding hydrogens is 401 g/mol. The van der Waals surface area contributed by atoms with Gasteiger partial charge in [-0.3, -0.25) is 0 Å². The van der Waals surface area contributed by atoms with Crippen molar-refractivity contribution in [3.8, 4) is 0 Å². The number of carboxylic acids is 1. The van der Waals surface area contributed by atoms with Crippen molar-refractivity contribution >= 4 is 34.2 Å². The highest BCUT2D eigenvalue weighted by molar-refractivity contribution is 14.1. The van der Waals surface area contributed by atoms with E-state index in [2.05, 4.69) is 58.3 Å². The Bertz CT molecular complexity index is 798.